The largest absolute Gasteiger partial charge is 0.349 e. The Morgan fingerprint density at radius 1 is 1.08 bits per heavy atom. The van der Waals surface area contributed by atoms with Crippen molar-refractivity contribution in [3.63, 3.8) is 0 Å². The van der Waals surface area contributed by atoms with Crippen molar-refractivity contribution in [2.75, 3.05) is 33.2 Å². The standard InChI is InChI=1S/C18H29N3O3S/c1-14(2)15(3)19-18(22)17-7-5-16(6-8-17)13-25(23,24)21-11-9-20(4)10-12-21/h5-8,14-15H,9-13H2,1-4H3,(H,19,22). The van der Waals surface area contributed by atoms with Gasteiger partial charge in [0.15, 0.2) is 0 Å². The van der Waals surface area contributed by atoms with Crippen LogP contribution in [0.15, 0.2) is 24.3 Å². The molecule has 0 bridgehead atoms. The third-order valence-electron chi connectivity index (χ3n) is 4.78. The molecule has 1 amide bonds. The van der Waals surface area contributed by atoms with Crippen molar-refractivity contribution in [1.82, 2.24) is 14.5 Å². The summed E-state index contributed by atoms with van der Waals surface area (Å²) in [5.41, 5.74) is 1.25. The quantitative estimate of drug-likeness (QED) is 0.828. The number of hydrogen-bond acceptors (Lipinski definition) is 4. The molecule has 0 aliphatic carbocycles. The number of nitrogens with zero attached hydrogens (tertiary/aromatic N) is 2. The number of sulfonamides is 1. The molecule has 25 heavy (non-hydrogen) atoms. The van der Waals surface area contributed by atoms with E-state index in [-0.39, 0.29) is 17.7 Å². The summed E-state index contributed by atoms with van der Waals surface area (Å²) in [5.74, 6) is 0.202. The first kappa shape index (κ1) is 19.9. The second-order valence-corrected chi connectivity index (χ2v) is 9.13. The minimum atomic E-state index is -3.32. The van der Waals surface area contributed by atoms with E-state index in [9.17, 15) is 13.2 Å². The third-order valence-corrected chi connectivity index (χ3v) is 6.63. The average Bonchev–Trinajstić information content (AvgIpc) is 2.55. The molecule has 2 rings (SSSR count). The summed E-state index contributed by atoms with van der Waals surface area (Å²) in [4.78, 5) is 14.3. The van der Waals surface area contributed by atoms with Gasteiger partial charge in [0.2, 0.25) is 10.0 Å². The van der Waals surface area contributed by atoms with Gasteiger partial charge in [-0.2, -0.15) is 4.31 Å². The average molecular weight is 368 g/mol. The van der Waals surface area contributed by atoms with E-state index in [1.807, 2.05) is 14.0 Å². The fourth-order valence-corrected chi connectivity index (χ4v) is 4.09. The van der Waals surface area contributed by atoms with Crippen LogP contribution in [-0.4, -0.2) is 62.8 Å². The highest BCUT2D eigenvalue weighted by atomic mass is 32.2. The first-order valence-corrected chi connectivity index (χ1v) is 10.4. The first-order valence-electron chi connectivity index (χ1n) is 8.75. The van der Waals surface area contributed by atoms with Crippen LogP contribution in [0.3, 0.4) is 0 Å². The molecule has 1 aliphatic rings. The van der Waals surface area contributed by atoms with Crippen LogP contribution in [0, 0.1) is 5.92 Å². The van der Waals surface area contributed by atoms with Gasteiger partial charge in [-0.15, -0.1) is 0 Å². The van der Waals surface area contributed by atoms with Gasteiger partial charge in [-0.1, -0.05) is 26.0 Å². The summed E-state index contributed by atoms with van der Waals surface area (Å²) >= 11 is 0. The van der Waals surface area contributed by atoms with E-state index >= 15 is 0 Å². The van der Waals surface area contributed by atoms with E-state index in [0.717, 1.165) is 13.1 Å². The van der Waals surface area contributed by atoms with E-state index in [1.54, 1.807) is 28.6 Å². The molecule has 1 N–H and O–H groups in total. The molecule has 1 heterocycles. The summed E-state index contributed by atoms with van der Waals surface area (Å²) in [6, 6.07) is 6.92. The molecule has 1 aliphatic heterocycles. The van der Waals surface area contributed by atoms with Crippen LogP contribution in [0.4, 0.5) is 0 Å². The predicted molar refractivity (Wildman–Crippen MR) is 99.9 cm³/mol. The van der Waals surface area contributed by atoms with Gasteiger partial charge < -0.3 is 10.2 Å². The number of nitrogens with one attached hydrogen (secondary N) is 1. The van der Waals surface area contributed by atoms with Crippen LogP contribution in [0.5, 0.6) is 0 Å². The Morgan fingerprint density at radius 3 is 2.16 bits per heavy atom. The number of piperazine rings is 1. The molecule has 1 saturated heterocycles. The Bertz CT molecular complexity index is 678. The van der Waals surface area contributed by atoms with Gasteiger partial charge in [0, 0.05) is 37.8 Å². The monoisotopic (exact) mass is 367 g/mol. The number of benzene rings is 1. The second-order valence-electron chi connectivity index (χ2n) is 7.16. The smallest absolute Gasteiger partial charge is 0.251 e. The highest BCUT2D eigenvalue weighted by Gasteiger charge is 2.25. The molecular weight excluding hydrogens is 338 g/mol. The Morgan fingerprint density at radius 2 is 1.64 bits per heavy atom. The van der Waals surface area contributed by atoms with Gasteiger partial charge in [0.25, 0.3) is 5.91 Å². The van der Waals surface area contributed by atoms with E-state index in [0.29, 0.717) is 30.1 Å². The number of likely N-dealkylation sites (N-methyl/N-ethyl adjacent to an activating group) is 1. The first-order chi connectivity index (χ1) is 11.7. The Labute approximate surface area is 151 Å². The number of rotatable bonds is 6. The summed E-state index contributed by atoms with van der Waals surface area (Å²) in [7, 11) is -1.32. The molecule has 1 unspecified atom stereocenters. The molecule has 7 heteroatoms. The molecule has 1 atom stereocenters. The minimum absolute atomic E-state index is 0.0268. The maximum Gasteiger partial charge on any atom is 0.251 e. The zero-order valence-electron chi connectivity index (χ0n) is 15.5. The van der Waals surface area contributed by atoms with Gasteiger partial charge in [-0.3, -0.25) is 4.79 Å². The van der Waals surface area contributed by atoms with Gasteiger partial charge >= 0.3 is 0 Å². The van der Waals surface area contributed by atoms with Gasteiger partial charge in [0.1, 0.15) is 0 Å². The SMILES string of the molecule is CC(C)C(C)NC(=O)c1ccc(CS(=O)(=O)N2CCN(C)CC2)cc1. The maximum atomic E-state index is 12.5. The number of carbonyl (C=O) groups excluding carboxylic acids is 1. The van der Waals surface area contributed by atoms with Crippen molar-refractivity contribution in [2.24, 2.45) is 5.92 Å². The second kappa shape index (κ2) is 8.29. The van der Waals surface area contributed by atoms with Crippen LogP contribution in [-0.2, 0) is 15.8 Å². The van der Waals surface area contributed by atoms with E-state index < -0.39 is 10.0 Å². The molecule has 1 aromatic carbocycles. The Kier molecular flexibility index (Phi) is 6.59. The van der Waals surface area contributed by atoms with Crippen LogP contribution in [0.25, 0.3) is 0 Å². The van der Waals surface area contributed by atoms with Crippen molar-refractivity contribution in [1.29, 1.82) is 0 Å². The van der Waals surface area contributed by atoms with Gasteiger partial charge in [0.05, 0.1) is 5.75 Å². The number of carbonyl (C=O) groups is 1. The highest BCUT2D eigenvalue weighted by Crippen LogP contribution is 2.14. The summed E-state index contributed by atoms with van der Waals surface area (Å²) in [6.45, 7) is 8.66. The van der Waals surface area contributed by atoms with E-state index in [1.165, 1.54) is 0 Å². The third kappa shape index (κ3) is 5.52. The predicted octanol–water partition coefficient (Wildman–Crippen LogP) is 1.54. The van der Waals surface area contributed by atoms with Gasteiger partial charge in [-0.25, -0.2) is 8.42 Å². The minimum Gasteiger partial charge on any atom is -0.349 e. The summed E-state index contributed by atoms with van der Waals surface area (Å²) in [6.07, 6.45) is 0. The van der Waals surface area contributed by atoms with Crippen molar-refractivity contribution in [3.8, 4) is 0 Å². The lowest BCUT2D eigenvalue weighted by molar-refractivity contribution is 0.0930. The number of hydrogen-bond donors (Lipinski definition) is 1. The van der Waals surface area contributed by atoms with Crippen molar-refractivity contribution < 1.29 is 13.2 Å². The molecule has 6 nitrogen and oxygen atoms in total. The topological polar surface area (TPSA) is 69.7 Å². The van der Waals surface area contributed by atoms with Gasteiger partial charge in [-0.05, 0) is 37.6 Å². The maximum absolute atomic E-state index is 12.5. The Hall–Kier alpha value is -1.44. The lowest BCUT2D eigenvalue weighted by Crippen LogP contribution is -2.47. The molecule has 0 radical (unpaired) electrons. The fourth-order valence-electron chi connectivity index (χ4n) is 2.58. The molecular formula is C18H29N3O3S. The normalized spacial score (nSPS) is 18.3. The van der Waals surface area contributed by atoms with E-state index in [2.05, 4.69) is 24.1 Å². The van der Waals surface area contributed by atoms with Crippen molar-refractivity contribution >= 4 is 15.9 Å². The van der Waals surface area contributed by atoms with Crippen LogP contribution in [0.1, 0.15) is 36.7 Å². The van der Waals surface area contributed by atoms with Crippen LogP contribution < -0.4 is 5.32 Å². The molecule has 0 aromatic heterocycles. The van der Waals surface area contributed by atoms with Crippen molar-refractivity contribution in [2.45, 2.75) is 32.6 Å². The van der Waals surface area contributed by atoms with Crippen LogP contribution in [0.2, 0.25) is 0 Å². The summed E-state index contributed by atoms with van der Waals surface area (Å²) in [5, 5.41) is 2.95. The highest BCUT2D eigenvalue weighted by molar-refractivity contribution is 7.88. The summed E-state index contributed by atoms with van der Waals surface area (Å²) < 4.78 is 26.6. The molecule has 0 saturated carbocycles. The van der Waals surface area contributed by atoms with Crippen molar-refractivity contribution in [3.05, 3.63) is 35.4 Å². The zero-order valence-corrected chi connectivity index (χ0v) is 16.3. The lowest BCUT2D eigenvalue weighted by atomic mass is 10.1. The molecule has 1 aromatic rings. The van der Waals surface area contributed by atoms with E-state index in [4.69, 9.17) is 0 Å². The lowest BCUT2D eigenvalue weighted by Gasteiger charge is -2.31. The fraction of sp³-hybridized carbons (Fsp3) is 0.611. The number of amides is 1. The molecule has 140 valence electrons. The van der Waals surface area contributed by atoms with Crippen LogP contribution >= 0.6 is 0 Å². The molecule has 1 fully saturated rings. The Balaban J connectivity index is 1.99. The zero-order chi connectivity index (χ0) is 18.6. The molecule has 0 spiro atoms.